The number of halogens is 3. The summed E-state index contributed by atoms with van der Waals surface area (Å²) in [5.74, 6) is 0.795. The first-order chi connectivity index (χ1) is 6.22. The molecule has 0 aliphatic rings. The Morgan fingerprint density at radius 2 is 2.31 bits per heavy atom. The third kappa shape index (κ3) is 4.20. The van der Waals surface area contributed by atoms with Gasteiger partial charge in [-0.15, -0.1) is 0 Å². The Bertz CT molecular complexity index is 312. The van der Waals surface area contributed by atoms with Gasteiger partial charge in [-0.25, -0.2) is 0 Å². The maximum absolute atomic E-state index is 5.66. The fourth-order valence-corrected chi connectivity index (χ4v) is 1.37. The molecule has 0 amide bonds. The molecule has 4 heteroatoms. The molecule has 0 atom stereocenters. The second-order valence-electron chi connectivity index (χ2n) is 2.30. The lowest BCUT2D eigenvalue weighted by atomic mass is 10.3. The molecule has 70 valence electrons. The third-order valence-electron chi connectivity index (χ3n) is 1.29. The van der Waals surface area contributed by atoms with E-state index in [-0.39, 0.29) is 0 Å². The summed E-state index contributed by atoms with van der Waals surface area (Å²) in [6.07, 6.45) is 0. The molecular formula is C9H7Cl2IO. The maximum Gasteiger partial charge on any atom is 0.125 e. The van der Waals surface area contributed by atoms with Gasteiger partial charge in [0.05, 0.1) is 5.03 Å². The van der Waals surface area contributed by atoms with Gasteiger partial charge in [0.15, 0.2) is 0 Å². The van der Waals surface area contributed by atoms with Gasteiger partial charge in [-0.3, -0.25) is 0 Å². The lowest BCUT2D eigenvalue weighted by Gasteiger charge is -2.04. The monoisotopic (exact) mass is 328 g/mol. The topological polar surface area (TPSA) is 9.23 Å². The summed E-state index contributed by atoms with van der Waals surface area (Å²) in [7, 11) is 0. The van der Waals surface area contributed by atoms with Crippen LogP contribution in [0.15, 0.2) is 34.8 Å². The van der Waals surface area contributed by atoms with E-state index in [0.29, 0.717) is 11.6 Å². The van der Waals surface area contributed by atoms with E-state index in [1.165, 1.54) is 5.54 Å². The van der Waals surface area contributed by atoms with Gasteiger partial charge in [0.1, 0.15) is 12.4 Å². The molecule has 0 bridgehead atoms. The van der Waals surface area contributed by atoms with Crippen LogP contribution < -0.4 is 4.74 Å². The molecule has 0 fully saturated rings. The molecule has 0 unspecified atom stereocenters. The standard InChI is InChI=1S/C9H7Cl2IO/c10-5-7(11)6-13-9-3-1-2-8(12)4-9/h1-5H,6H2/b7-5+. The van der Waals surface area contributed by atoms with Crippen LogP contribution in [0.4, 0.5) is 0 Å². The molecule has 1 aromatic carbocycles. The van der Waals surface area contributed by atoms with Crippen molar-refractivity contribution in [2.24, 2.45) is 0 Å². The van der Waals surface area contributed by atoms with Crippen LogP contribution in [-0.4, -0.2) is 6.61 Å². The van der Waals surface area contributed by atoms with E-state index in [4.69, 9.17) is 27.9 Å². The second kappa shape index (κ2) is 5.73. The zero-order valence-electron chi connectivity index (χ0n) is 6.64. The first-order valence-electron chi connectivity index (χ1n) is 3.55. The SMILES string of the molecule is Cl/C=C(/Cl)COc1cccc(I)c1. The number of rotatable bonds is 3. The molecule has 1 nitrogen and oxygen atoms in total. The van der Waals surface area contributed by atoms with Gasteiger partial charge in [0.2, 0.25) is 0 Å². The van der Waals surface area contributed by atoms with Crippen molar-refractivity contribution >= 4 is 45.8 Å². The zero-order chi connectivity index (χ0) is 9.68. The summed E-state index contributed by atoms with van der Waals surface area (Å²) in [6.45, 7) is 0.311. The van der Waals surface area contributed by atoms with Gasteiger partial charge in [0, 0.05) is 9.11 Å². The molecule has 0 aliphatic heterocycles. The Labute approximate surface area is 101 Å². The van der Waals surface area contributed by atoms with Crippen LogP contribution in [0.5, 0.6) is 5.75 Å². The van der Waals surface area contributed by atoms with Gasteiger partial charge < -0.3 is 4.74 Å². The van der Waals surface area contributed by atoms with Crippen molar-refractivity contribution in [3.05, 3.63) is 38.4 Å². The third-order valence-corrected chi connectivity index (χ3v) is 2.56. The molecule has 0 aliphatic carbocycles. The Hall–Kier alpha value is 0.0700. The summed E-state index contributed by atoms with van der Waals surface area (Å²) in [4.78, 5) is 0. The van der Waals surface area contributed by atoms with Crippen LogP contribution >= 0.6 is 45.8 Å². The van der Waals surface area contributed by atoms with Gasteiger partial charge in [-0.2, -0.15) is 0 Å². The van der Waals surface area contributed by atoms with E-state index in [9.17, 15) is 0 Å². The Kier molecular flexibility index (Phi) is 4.91. The number of hydrogen-bond donors (Lipinski definition) is 0. The molecule has 0 saturated carbocycles. The normalized spacial score (nSPS) is 11.5. The fraction of sp³-hybridized carbons (Fsp3) is 0.111. The molecule has 0 aromatic heterocycles. The highest BCUT2D eigenvalue weighted by atomic mass is 127. The minimum Gasteiger partial charge on any atom is -0.488 e. The Morgan fingerprint density at radius 1 is 1.54 bits per heavy atom. The predicted octanol–water partition coefficient (Wildman–Crippen LogP) is 3.99. The fourth-order valence-electron chi connectivity index (χ4n) is 0.741. The van der Waals surface area contributed by atoms with Crippen molar-refractivity contribution in [1.82, 2.24) is 0 Å². The largest absolute Gasteiger partial charge is 0.488 e. The van der Waals surface area contributed by atoms with Crippen molar-refractivity contribution in [3.8, 4) is 5.75 Å². The van der Waals surface area contributed by atoms with E-state index in [1.54, 1.807) is 0 Å². The maximum atomic E-state index is 5.66. The smallest absolute Gasteiger partial charge is 0.125 e. The first-order valence-corrected chi connectivity index (χ1v) is 5.45. The van der Waals surface area contributed by atoms with E-state index in [0.717, 1.165) is 9.32 Å². The van der Waals surface area contributed by atoms with Crippen LogP contribution in [-0.2, 0) is 0 Å². The zero-order valence-corrected chi connectivity index (χ0v) is 10.3. The minimum atomic E-state index is 0.311. The highest BCUT2D eigenvalue weighted by Crippen LogP contribution is 2.16. The summed E-state index contributed by atoms with van der Waals surface area (Å²) < 4.78 is 6.48. The Balaban J connectivity index is 2.55. The van der Waals surface area contributed by atoms with Crippen molar-refractivity contribution < 1.29 is 4.74 Å². The van der Waals surface area contributed by atoms with Gasteiger partial charge >= 0.3 is 0 Å². The lowest BCUT2D eigenvalue weighted by molar-refractivity contribution is 0.359. The molecule has 1 aromatic rings. The van der Waals surface area contributed by atoms with Gasteiger partial charge in [-0.1, -0.05) is 29.3 Å². The summed E-state index contributed by atoms with van der Waals surface area (Å²) in [6, 6.07) is 7.72. The van der Waals surface area contributed by atoms with E-state index in [1.807, 2.05) is 24.3 Å². The first kappa shape index (κ1) is 11.1. The number of hydrogen-bond acceptors (Lipinski definition) is 1. The number of ether oxygens (including phenoxy) is 1. The quantitative estimate of drug-likeness (QED) is 0.762. The van der Waals surface area contributed by atoms with E-state index in [2.05, 4.69) is 22.6 Å². The van der Waals surface area contributed by atoms with Gasteiger partial charge in [-0.05, 0) is 40.8 Å². The summed E-state index contributed by atoms with van der Waals surface area (Å²) in [5.41, 5.74) is 1.30. The highest BCUT2D eigenvalue weighted by Gasteiger charge is 1.95. The van der Waals surface area contributed by atoms with Crippen molar-refractivity contribution in [1.29, 1.82) is 0 Å². The molecule has 0 radical (unpaired) electrons. The molecular weight excluding hydrogens is 322 g/mol. The molecule has 0 heterocycles. The van der Waals surface area contributed by atoms with Crippen molar-refractivity contribution in [3.63, 3.8) is 0 Å². The average Bonchev–Trinajstić information content (AvgIpc) is 2.14. The molecule has 1 rings (SSSR count). The van der Waals surface area contributed by atoms with E-state index >= 15 is 0 Å². The molecule has 0 spiro atoms. The minimum absolute atomic E-state index is 0.311. The van der Waals surface area contributed by atoms with Crippen LogP contribution in [0.2, 0.25) is 0 Å². The second-order valence-corrected chi connectivity index (χ2v) is 4.25. The van der Waals surface area contributed by atoms with Gasteiger partial charge in [0.25, 0.3) is 0 Å². The molecule has 0 N–H and O–H groups in total. The molecule has 0 saturated heterocycles. The van der Waals surface area contributed by atoms with Crippen LogP contribution in [0, 0.1) is 3.57 Å². The van der Waals surface area contributed by atoms with E-state index < -0.39 is 0 Å². The Morgan fingerprint density at radius 3 is 2.92 bits per heavy atom. The predicted molar refractivity (Wildman–Crippen MR) is 64.4 cm³/mol. The van der Waals surface area contributed by atoms with Crippen LogP contribution in [0.3, 0.4) is 0 Å². The molecule has 13 heavy (non-hydrogen) atoms. The summed E-state index contributed by atoms with van der Waals surface area (Å²) in [5, 5.41) is 0.487. The lowest BCUT2D eigenvalue weighted by Crippen LogP contribution is -1.96. The van der Waals surface area contributed by atoms with Crippen molar-refractivity contribution in [2.45, 2.75) is 0 Å². The van der Waals surface area contributed by atoms with Crippen LogP contribution in [0.25, 0.3) is 0 Å². The average molecular weight is 329 g/mol. The summed E-state index contributed by atoms with van der Waals surface area (Å²) >= 11 is 13.2. The number of benzene rings is 1. The van der Waals surface area contributed by atoms with Crippen LogP contribution in [0.1, 0.15) is 0 Å². The van der Waals surface area contributed by atoms with Crippen molar-refractivity contribution in [2.75, 3.05) is 6.61 Å². The highest BCUT2D eigenvalue weighted by molar-refractivity contribution is 14.1.